The Kier molecular flexibility index (Phi) is 5.65. The summed E-state index contributed by atoms with van der Waals surface area (Å²) >= 11 is 0. The van der Waals surface area contributed by atoms with E-state index in [1.165, 1.54) is 6.20 Å². The lowest BCUT2D eigenvalue weighted by atomic mass is 10.00. The number of anilines is 1. The topological polar surface area (TPSA) is 105 Å². The molecule has 0 saturated carbocycles. The third-order valence-electron chi connectivity index (χ3n) is 4.28. The summed E-state index contributed by atoms with van der Waals surface area (Å²) in [5, 5.41) is 12.6. The van der Waals surface area contributed by atoms with Crippen LogP contribution in [0.25, 0.3) is 11.1 Å². The monoisotopic (exact) mass is 397 g/mol. The van der Waals surface area contributed by atoms with E-state index < -0.39 is 29.6 Å². The van der Waals surface area contributed by atoms with Gasteiger partial charge in [-0.25, -0.2) is 8.78 Å². The molecule has 1 atom stereocenters. The number of halogens is 2. The Morgan fingerprint density at radius 2 is 1.76 bits per heavy atom. The summed E-state index contributed by atoms with van der Waals surface area (Å²) < 4.78 is 26.6. The van der Waals surface area contributed by atoms with E-state index in [1.54, 1.807) is 37.4 Å². The number of aliphatic hydroxyl groups is 1. The number of carbonyl (C=O) groups is 2. The zero-order valence-corrected chi connectivity index (χ0v) is 15.3. The number of aliphatic hydroxyl groups excluding tert-OH is 1. The van der Waals surface area contributed by atoms with Crippen LogP contribution in [0.15, 0.2) is 54.9 Å². The van der Waals surface area contributed by atoms with Gasteiger partial charge in [-0.15, -0.1) is 0 Å². The van der Waals surface area contributed by atoms with Crippen LogP contribution in [0.4, 0.5) is 14.5 Å². The Hall–Kier alpha value is -3.65. The first-order valence-electron chi connectivity index (χ1n) is 8.55. The summed E-state index contributed by atoms with van der Waals surface area (Å²) in [5.41, 5.74) is 7.94. The molecule has 3 aromatic rings. The largest absolute Gasteiger partial charge is 0.378 e. The van der Waals surface area contributed by atoms with Crippen molar-refractivity contribution in [3.8, 4) is 11.1 Å². The molecule has 0 bridgehead atoms. The maximum Gasteiger partial charge on any atom is 0.257 e. The van der Waals surface area contributed by atoms with Crippen molar-refractivity contribution in [2.45, 2.75) is 13.0 Å². The number of hydrogen-bond acceptors (Lipinski definition) is 4. The number of aromatic nitrogens is 1. The molecule has 148 valence electrons. The number of nitrogens with one attached hydrogen (secondary N) is 1. The maximum absolute atomic E-state index is 13.3. The van der Waals surface area contributed by atoms with Gasteiger partial charge < -0.3 is 16.2 Å². The van der Waals surface area contributed by atoms with Crippen molar-refractivity contribution in [1.29, 1.82) is 0 Å². The van der Waals surface area contributed by atoms with Crippen LogP contribution in [0, 0.1) is 18.6 Å². The first-order chi connectivity index (χ1) is 13.7. The molecule has 0 saturated heterocycles. The van der Waals surface area contributed by atoms with Crippen LogP contribution < -0.4 is 11.1 Å². The maximum atomic E-state index is 13.3. The zero-order valence-electron chi connectivity index (χ0n) is 15.3. The lowest BCUT2D eigenvalue weighted by Gasteiger charge is -2.14. The summed E-state index contributed by atoms with van der Waals surface area (Å²) in [7, 11) is 0. The molecular weight excluding hydrogens is 380 g/mol. The van der Waals surface area contributed by atoms with Gasteiger partial charge in [0, 0.05) is 29.7 Å². The summed E-state index contributed by atoms with van der Waals surface area (Å²) in [6, 6.07) is 9.00. The number of rotatable bonds is 5. The van der Waals surface area contributed by atoms with E-state index >= 15 is 0 Å². The van der Waals surface area contributed by atoms with E-state index in [4.69, 9.17) is 5.73 Å². The Labute approximate surface area is 165 Å². The van der Waals surface area contributed by atoms with Gasteiger partial charge in [0.2, 0.25) is 5.91 Å². The Morgan fingerprint density at radius 1 is 1.07 bits per heavy atom. The standard InChI is InChI=1S/C21H17F2N3O3/c1-11-4-17(2-3-18(11)13-5-14(20(24)28)10-25-9-13)26-21(29)19(27)12-6-15(22)8-16(23)7-12/h2-10,19,27H,1H3,(H2,24,28)(H,26,29). The average molecular weight is 397 g/mol. The highest BCUT2D eigenvalue weighted by atomic mass is 19.1. The predicted molar refractivity (Wildman–Crippen MR) is 103 cm³/mol. The van der Waals surface area contributed by atoms with Gasteiger partial charge in [0.25, 0.3) is 5.91 Å². The third kappa shape index (κ3) is 4.61. The Bertz CT molecular complexity index is 1080. The second kappa shape index (κ2) is 8.15. The van der Waals surface area contributed by atoms with Gasteiger partial charge in [-0.05, 0) is 53.9 Å². The number of benzene rings is 2. The van der Waals surface area contributed by atoms with Crippen molar-refractivity contribution in [3.05, 3.63) is 83.2 Å². The minimum Gasteiger partial charge on any atom is -0.378 e. The molecule has 1 aromatic heterocycles. The normalized spacial score (nSPS) is 11.7. The van der Waals surface area contributed by atoms with E-state index in [9.17, 15) is 23.5 Å². The highest BCUT2D eigenvalue weighted by molar-refractivity contribution is 5.95. The lowest BCUT2D eigenvalue weighted by molar-refractivity contribution is -0.124. The molecule has 1 unspecified atom stereocenters. The minimum absolute atomic E-state index is 0.192. The van der Waals surface area contributed by atoms with Gasteiger partial charge in [-0.1, -0.05) is 6.07 Å². The van der Waals surface area contributed by atoms with Gasteiger partial charge >= 0.3 is 0 Å². The molecule has 3 rings (SSSR count). The van der Waals surface area contributed by atoms with Crippen LogP contribution >= 0.6 is 0 Å². The number of aryl methyl sites for hydroxylation is 1. The SMILES string of the molecule is Cc1cc(NC(=O)C(O)c2cc(F)cc(F)c2)ccc1-c1cncc(C(N)=O)c1. The smallest absolute Gasteiger partial charge is 0.257 e. The molecule has 1 heterocycles. The Balaban J connectivity index is 1.80. The molecule has 8 heteroatoms. The first-order valence-corrected chi connectivity index (χ1v) is 8.55. The molecule has 0 aliphatic heterocycles. The van der Waals surface area contributed by atoms with Gasteiger partial charge in [-0.2, -0.15) is 0 Å². The number of amides is 2. The summed E-state index contributed by atoms with van der Waals surface area (Å²) in [5.74, 6) is -3.21. The summed E-state index contributed by atoms with van der Waals surface area (Å²) in [6.45, 7) is 1.79. The third-order valence-corrected chi connectivity index (χ3v) is 4.28. The van der Waals surface area contributed by atoms with Gasteiger partial charge in [0.1, 0.15) is 11.6 Å². The highest BCUT2D eigenvalue weighted by Crippen LogP contribution is 2.27. The Morgan fingerprint density at radius 3 is 2.38 bits per heavy atom. The number of pyridine rings is 1. The molecule has 2 aromatic carbocycles. The van der Waals surface area contributed by atoms with Crippen LogP contribution in [-0.4, -0.2) is 21.9 Å². The van der Waals surface area contributed by atoms with E-state index in [1.807, 2.05) is 0 Å². The van der Waals surface area contributed by atoms with Gasteiger partial charge in [0.05, 0.1) is 5.56 Å². The molecule has 4 N–H and O–H groups in total. The quantitative estimate of drug-likeness (QED) is 0.615. The molecule has 0 fully saturated rings. The summed E-state index contributed by atoms with van der Waals surface area (Å²) in [6.07, 6.45) is 1.21. The number of nitrogens with two attached hydrogens (primary N) is 1. The molecule has 29 heavy (non-hydrogen) atoms. The van der Waals surface area contributed by atoms with Crippen LogP contribution in [0.5, 0.6) is 0 Å². The molecule has 0 radical (unpaired) electrons. The van der Waals surface area contributed by atoms with Crippen molar-refractivity contribution in [2.75, 3.05) is 5.32 Å². The van der Waals surface area contributed by atoms with Crippen molar-refractivity contribution in [1.82, 2.24) is 4.98 Å². The van der Waals surface area contributed by atoms with Crippen LogP contribution in [0.3, 0.4) is 0 Å². The van der Waals surface area contributed by atoms with E-state index in [2.05, 4.69) is 10.3 Å². The van der Waals surface area contributed by atoms with E-state index in [0.29, 0.717) is 17.3 Å². The predicted octanol–water partition coefficient (Wildman–Crippen LogP) is 3.11. The molecule has 6 nitrogen and oxygen atoms in total. The van der Waals surface area contributed by atoms with Crippen LogP contribution in [0.1, 0.15) is 27.6 Å². The van der Waals surface area contributed by atoms with Gasteiger partial charge in [0.15, 0.2) is 6.10 Å². The van der Waals surface area contributed by atoms with E-state index in [0.717, 1.165) is 23.3 Å². The fourth-order valence-corrected chi connectivity index (χ4v) is 2.88. The number of nitrogens with zero attached hydrogens (tertiary/aromatic N) is 1. The number of carbonyl (C=O) groups excluding carboxylic acids is 2. The zero-order chi connectivity index (χ0) is 21.1. The van der Waals surface area contributed by atoms with Crippen molar-refractivity contribution in [2.24, 2.45) is 5.73 Å². The second-order valence-corrected chi connectivity index (χ2v) is 6.45. The van der Waals surface area contributed by atoms with Crippen molar-refractivity contribution >= 4 is 17.5 Å². The first kappa shape index (κ1) is 20.1. The van der Waals surface area contributed by atoms with Gasteiger partial charge in [-0.3, -0.25) is 14.6 Å². The number of primary amides is 1. The second-order valence-electron chi connectivity index (χ2n) is 6.45. The fraction of sp³-hybridized carbons (Fsp3) is 0.0952. The van der Waals surface area contributed by atoms with Crippen molar-refractivity contribution in [3.63, 3.8) is 0 Å². The fourth-order valence-electron chi connectivity index (χ4n) is 2.88. The van der Waals surface area contributed by atoms with E-state index in [-0.39, 0.29) is 11.1 Å². The molecule has 0 aliphatic carbocycles. The molecule has 2 amide bonds. The number of hydrogen-bond donors (Lipinski definition) is 3. The van der Waals surface area contributed by atoms with Crippen LogP contribution in [0.2, 0.25) is 0 Å². The van der Waals surface area contributed by atoms with Crippen LogP contribution in [-0.2, 0) is 4.79 Å². The molecular formula is C21H17F2N3O3. The molecule has 0 spiro atoms. The highest BCUT2D eigenvalue weighted by Gasteiger charge is 2.19. The van der Waals surface area contributed by atoms with Crippen molar-refractivity contribution < 1.29 is 23.5 Å². The minimum atomic E-state index is -1.74. The molecule has 0 aliphatic rings. The summed E-state index contributed by atoms with van der Waals surface area (Å²) in [4.78, 5) is 27.6. The lowest BCUT2D eigenvalue weighted by Crippen LogP contribution is -2.21. The average Bonchev–Trinajstić information content (AvgIpc) is 2.66.